The number of hydrogen-bond donors (Lipinski definition) is 0. The van der Waals surface area contributed by atoms with Crippen LogP contribution in [0.25, 0.3) is 11.0 Å². The van der Waals surface area contributed by atoms with E-state index in [4.69, 9.17) is 13.9 Å². The monoisotopic (exact) mass is 475 g/mol. The number of benzene rings is 3. The van der Waals surface area contributed by atoms with Gasteiger partial charge in [0.2, 0.25) is 5.76 Å². The molecule has 0 aliphatic carbocycles. The first-order chi connectivity index (χ1) is 16.9. The predicted octanol–water partition coefficient (Wildman–Crippen LogP) is 5.39. The number of fused-ring (bicyclic) bond motifs is 2. The second-order valence-corrected chi connectivity index (χ2v) is 7.88. The van der Waals surface area contributed by atoms with E-state index in [1.165, 1.54) is 42.3 Å². The fourth-order valence-corrected chi connectivity index (χ4v) is 4.25. The maximum absolute atomic E-state index is 14.0. The Bertz CT molecular complexity index is 1530. The number of amides is 1. The van der Waals surface area contributed by atoms with Gasteiger partial charge in [-0.25, -0.2) is 8.78 Å². The van der Waals surface area contributed by atoms with Gasteiger partial charge in [-0.3, -0.25) is 14.5 Å². The van der Waals surface area contributed by atoms with Crippen molar-refractivity contribution in [1.82, 2.24) is 0 Å². The Labute approximate surface area is 198 Å². The first kappa shape index (κ1) is 22.3. The zero-order chi connectivity index (χ0) is 24.7. The minimum atomic E-state index is -0.936. The molecule has 1 aliphatic rings. The topological polar surface area (TPSA) is 69.0 Å². The summed E-state index contributed by atoms with van der Waals surface area (Å²) in [4.78, 5) is 28.5. The number of hydrogen-bond acceptors (Lipinski definition) is 5. The van der Waals surface area contributed by atoms with Crippen LogP contribution in [0.15, 0.2) is 82.5 Å². The summed E-state index contributed by atoms with van der Waals surface area (Å²) in [6, 6.07) is 12.9. The summed E-state index contributed by atoms with van der Waals surface area (Å²) in [5.41, 5.74) is 0.489. The zero-order valence-corrected chi connectivity index (χ0v) is 18.6. The molecular formula is C27H19F2NO5. The maximum atomic E-state index is 14.0. The van der Waals surface area contributed by atoms with Crippen LogP contribution in [0.2, 0.25) is 0 Å². The number of anilines is 1. The number of carbonyl (C=O) groups is 1. The fraction of sp³-hybridized carbons (Fsp3) is 0.111. The molecule has 5 rings (SSSR count). The Kier molecular flexibility index (Phi) is 5.56. The highest BCUT2D eigenvalue weighted by atomic mass is 19.1. The highest BCUT2D eigenvalue weighted by molar-refractivity contribution is 6.10. The SMILES string of the molecule is C=CCOc1ccc(C2c3c(oc4ccc(F)cc4c3=O)C(=O)N2c2ccc(F)cc2)cc1OC. The Hall–Kier alpha value is -4.46. The molecule has 0 fully saturated rings. The van der Waals surface area contributed by atoms with Crippen LogP contribution >= 0.6 is 0 Å². The van der Waals surface area contributed by atoms with E-state index in [-0.39, 0.29) is 28.9 Å². The van der Waals surface area contributed by atoms with E-state index >= 15 is 0 Å². The number of methoxy groups -OCH3 is 1. The van der Waals surface area contributed by atoms with Gasteiger partial charge in [-0.05, 0) is 60.2 Å². The standard InChI is InChI=1S/C27H19F2NO5/c1-3-12-34-21-10-4-15(13-22(21)33-2)24-23-25(31)19-14-17(29)7-11-20(19)35-26(23)27(32)30(24)18-8-5-16(28)6-9-18/h3-11,13-14,24H,1,12H2,2H3. The van der Waals surface area contributed by atoms with Crippen molar-refractivity contribution in [3.8, 4) is 11.5 Å². The summed E-state index contributed by atoms with van der Waals surface area (Å²) in [6.45, 7) is 3.88. The lowest BCUT2D eigenvalue weighted by molar-refractivity contribution is 0.0971. The first-order valence-corrected chi connectivity index (χ1v) is 10.7. The summed E-state index contributed by atoms with van der Waals surface area (Å²) >= 11 is 0. The van der Waals surface area contributed by atoms with Crippen LogP contribution in [0, 0.1) is 11.6 Å². The summed E-state index contributed by atoms with van der Waals surface area (Å²) in [5.74, 6) is -0.996. The largest absolute Gasteiger partial charge is 0.493 e. The molecule has 1 aliphatic heterocycles. The van der Waals surface area contributed by atoms with Gasteiger partial charge in [-0.1, -0.05) is 18.7 Å². The molecule has 1 amide bonds. The van der Waals surface area contributed by atoms with Gasteiger partial charge in [0.15, 0.2) is 16.9 Å². The Morgan fingerprint density at radius 1 is 1.00 bits per heavy atom. The van der Waals surface area contributed by atoms with Crippen molar-refractivity contribution in [3.63, 3.8) is 0 Å². The Morgan fingerprint density at radius 3 is 2.46 bits per heavy atom. The van der Waals surface area contributed by atoms with E-state index in [2.05, 4.69) is 6.58 Å². The second-order valence-electron chi connectivity index (χ2n) is 7.88. The molecule has 1 unspecified atom stereocenters. The number of nitrogens with zero attached hydrogens (tertiary/aromatic N) is 1. The van der Waals surface area contributed by atoms with Crippen molar-refractivity contribution in [2.24, 2.45) is 0 Å². The average Bonchev–Trinajstić information content (AvgIpc) is 3.16. The van der Waals surface area contributed by atoms with E-state index in [1.807, 2.05) is 0 Å². The highest BCUT2D eigenvalue weighted by Crippen LogP contribution is 2.43. The number of ether oxygens (including phenoxy) is 2. The molecule has 3 aromatic carbocycles. The molecule has 8 heteroatoms. The molecule has 0 radical (unpaired) electrons. The third-order valence-corrected chi connectivity index (χ3v) is 5.80. The number of halogens is 2. The molecule has 4 aromatic rings. The highest BCUT2D eigenvalue weighted by Gasteiger charge is 2.44. The lowest BCUT2D eigenvalue weighted by atomic mass is 9.97. The van der Waals surface area contributed by atoms with Crippen LogP contribution in [-0.2, 0) is 0 Å². The van der Waals surface area contributed by atoms with E-state index in [1.54, 1.807) is 24.3 Å². The van der Waals surface area contributed by atoms with Gasteiger partial charge in [0.25, 0.3) is 5.91 Å². The number of carbonyl (C=O) groups excluding carboxylic acids is 1. The van der Waals surface area contributed by atoms with E-state index in [9.17, 15) is 18.4 Å². The normalized spacial score (nSPS) is 14.8. The molecule has 0 saturated carbocycles. The minimum Gasteiger partial charge on any atom is -0.493 e. The van der Waals surface area contributed by atoms with Crippen molar-refractivity contribution < 1.29 is 27.5 Å². The summed E-state index contributed by atoms with van der Waals surface area (Å²) in [6.07, 6.45) is 1.59. The molecule has 0 saturated heterocycles. The van der Waals surface area contributed by atoms with Gasteiger partial charge in [-0.15, -0.1) is 0 Å². The summed E-state index contributed by atoms with van der Waals surface area (Å²) in [5, 5.41) is 0.0143. The third-order valence-electron chi connectivity index (χ3n) is 5.80. The van der Waals surface area contributed by atoms with Crippen molar-refractivity contribution in [2.45, 2.75) is 6.04 Å². The zero-order valence-electron chi connectivity index (χ0n) is 18.6. The fourth-order valence-electron chi connectivity index (χ4n) is 4.25. The second kappa shape index (κ2) is 8.72. The van der Waals surface area contributed by atoms with Crippen molar-refractivity contribution in [1.29, 1.82) is 0 Å². The first-order valence-electron chi connectivity index (χ1n) is 10.7. The molecule has 176 valence electrons. The van der Waals surface area contributed by atoms with Crippen LogP contribution in [0.4, 0.5) is 14.5 Å². The van der Waals surface area contributed by atoms with Gasteiger partial charge in [0.1, 0.15) is 23.8 Å². The van der Waals surface area contributed by atoms with E-state index in [0.717, 1.165) is 12.1 Å². The minimum absolute atomic E-state index is 0.0143. The van der Waals surface area contributed by atoms with Crippen molar-refractivity contribution in [3.05, 3.63) is 112 Å². The van der Waals surface area contributed by atoms with Gasteiger partial charge in [0, 0.05) is 5.69 Å². The van der Waals surface area contributed by atoms with Gasteiger partial charge >= 0.3 is 0 Å². The molecule has 0 spiro atoms. The van der Waals surface area contributed by atoms with Crippen LogP contribution in [0.5, 0.6) is 11.5 Å². The molecule has 2 heterocycles. The van der Waals surface area contributed by atoms with Crippen LogP contribution in [0.3, 0.4) is 0 Å². The molecular weight excluding hydrogens is 456 g/mol. The Morgan fingerprint density at radius 2 is 1.74 bits per heavy atom. The summed E-state index contributed by atoms with van der Waals surface area (Å²) in [7, 11) is 1.47. The predicted molar refractivity (Wildman–Crippen MR) is 126 cm³/mol. The third kappa shape index (κ3) is 3.73. The van der Waals surface area contributed by atoms with Crippen LogP contribution < -0.4 is 19.8 Å². The lowest BCUT2D eigenvalue weighted by Gasteiger charge is -2.26. The van der Waals surface area contributed by atoms with Crippen molar-refractivity contribution >= 4 is 22.6 Å². The molecule has 6 nitrogen and oxygen atoms in total. The Balaban J connectivity index is 1.76. The quantitative estimate of drug-likeness (QED) is 0.350. The van der Waals surface area contributed by atoms with Gasteiger partial charge in [-0.2, -0.15) is 0 Å². The number of rotatable bonds is 6. The lowest BCUT2D eigenvalue weighted by Crippen LogP contribution is -2.29. The average molecular weight is 475 g/mol. The van der Waals surface area contributed by atoms with Gasteiger partial charge in [0.05, 0.1) is 24.1 Å². The molecule has 1 atom stereocenters. The smallest absolute Gasteiger partial charge is 0.295 e. The van der Waals surface area contributed by atoms with Crippen LogP contribution in [-0.4, -0.2) is 19.6 Å². The molecule has 0 N–H and O–H groups in total. The molecule has 35 heavy (non-hydrogen) atoms. The summed E-state index contributed by atoms with van der Waals surface area (Å²) < 4.78 is 44.5. The maximum Gasteiger partial charge on any atom is 0.295 e. The van der Waals surface area contributed by atoms with Crippen molar-refractivity contribution in [2.75, 3.05) is 18.6 Å². The van der Waals surface area contributed by atoms with Gasteiger partial charge < -0.3 is 13.9 Å². The molecule has 1 aromatic heterocycles. The van der Waals surface area contributed by atoms with E-state index in [0.29, 0.717) is 22.7 Å². The van der Waals surface area contributed by atoms with E-state index < -0.39 is 29.0 Å². The van der Waals surface area contributed by atoms with Crippen LogP contribution in [0.1, 0.15) is 27.7 Å². The molecule has 0 bridgehead atoms.